The summed E-state index contributed by atoms with van der Waals surface area (Å²) in [5, 5.41) is -0.522. The van der Waals surface area contributed by atoms with Crippen molar-refractivity contribution in [3.8, 4) is 11.5 Å². The number of carbonyl (C=O) groups is 3. The maximum Gasteiger partial charge on any atom is 0.329 e. The molecule has 0 spiro atoms. The maximum atomic E-state index is 12.7. The van der Waals surface area contributed by atoms with Crippen LogP contribution in [0.4, 0.5) is 4.79 Å². The minimum atomic E-state index is -0.994. The third kappa shape index (κ3) is 4.77. The van der Waals surface area contributed by atoms with Crippen molar-refractivity contribution in [1.82, 2.24) is 4.90 Å². The number of rotatable bonds is 8. The summed E-state index contributed by atoms with van der Waals surface area (Å²) in [5.41, 5.74) is 0.622. The number of imide groups is 1. The predicted octanol–water partition coefficient (Wildman–Crippen LogP) is 4.01. The predicted molar refractivity (Wildman–Crippen MR) is 110 cm³/mol. The largest absolute Gasteiger partial charge is 0.493 e. The van der Waals surface area contributed by atoms with E-state index < -0.39 is 23.2 Å². The van der Waals surface area contributed by atoms with Gasteiger partial charge in [0.2, 0.25) is 0 Å². The van der Waals surface area contributed by atoms with Crippen LogP contribution in [0.15, 0.2) is 34.2 Å². The fourth-order valence-electron chi connectivity index (χ4n) is 2.41. The molecule has 7 nitrogen and oxygen atoms in total. The average molecular weight is 470 g/mol. The van der Waals surface area contributed by atoms with Gasteiger partial charge < -0.3 is 14.2 Å². The summed E-state index contributed by atoms with van der Waals surface area (Å²) < 4.78 is 16.4. The molecule has 0 radical (unpaired) electrons. The Morgan fingerprint density at radius 2 is 2.07 bits per heavy atom. The molecule has 1 aromatic carbocycles. The first kappa shape index (κ1) is 22.0. The quantitative estimate of drug-likeness (QED) is 0.323. The van der Waals surface area contributed by atoms with Gasteiger partial charge in [-0.1, -0.05) is 28.6 Å². The molecule has 1 fully saturated rings. The Hall–Kier alpha value is -2.26. The average Bonchev–Trinajstić information content (AvgIpc) is 2.94. The summed E-state index contributed by atoms with van der Waals surface area (Å²) >= 11 is 4.20. The molecule has 150 valence electrons. The number of hydrogen-bond donors (Lipinski definition) is 0. The summed E-state index contributed by atoms with van der Waals surface area (Å²) in [5.74, 6) is -0.197. The van der Waals surface area contributed by atoms with Crippen LogP contribution in [0.2, 0.25) is 0 Å². The van der Waals surface area contributed by atoms with Gasteiger partial charge in [-0.2, -0.15) is 0 Å². The van der Waals surface area contributed by atoms with Gasteiger partial charge in [0.25, 0.3) is 11.1 Å². The second kappa shape index (κ2) is 9.79. The van der Waals surface area contributed by atoms with Gasteiger partial charge in [-0.15, -0.1) is 0 Å². The molecule has 28 heavy (non-hydrogen) atoms. The molecule has 1 atom stereocenters. The van der Waals surface area contributed by atoms with Crippen molar-refractivity contribution in [3.63, 3.8) is 0 Å². The number of benzene rings is 1. The lowest BCUT2D eigenvalue weighted by atomic mass is 10.1. The summed E-state index contributed by atoms with van der Waals surface area (Å²) in [6.07, 6.45) is 3.18. The molecule has 1 saturated heterocycles. The van der Waals surface area contributed by atoms with E-state index in [-0.39, 0.29) is 11.5 Å². The molecule has 1 heterocycles. The summed E-state index contributed by atoms with van der Waals surface area (Å²) in [7, 11) is 1.50. The number of halogens is 1. The maximum absolute atomic E-state index is 12.7. The van der Waals surface area contributed by atoms with E-state index in [9.17, 15) is 14.4 Å². The summed E-state index contributed by atoms with van der Waals surface area (Å²) in [6.45, 7) is 7.20. The molecular formula is C19H20BrNO6S. The Morgan fingerprint density at radius 1 is 1.36 bits per heavy atom. The van der Waals surface area contributed by atoms with E-state index in [1.807, 2.05) is 0 Å². The van der Waals surface area contributed by atoms with E-state index >= 15 is 0 Å². The highest BCUT2D eigenvalue weighted by atomic mass is 79.9. The molecule has 0 unspecified atom stereocenters. The number of ether oxygens (including phenoxy) is 3. The molecule has 1 aromatic rings. The lowest BCUT2D eigenvalue weighted by Gasteiger charge is -2.19. The smallest absolute Gasteiger partial charge is 0.329 e. The van der Waals surface area contributed by atoms with E-state index in [0.717, 1.165) is 16.7 Å². The fourth-order valence-corrected chi connectivity index (χ4v) is 3.74. The normalized spacial score (nSPS) is 16.3. The number of hydrogen-bond acceptors (Lipinski definition) is 7. The molecule has 0 bridgehead atoms. The van der Waals surface area contributed by atoms with Gasteiger partial charge in [0.15, 0.2) is 11.5 Å². The second-order valence-electron chi connectivity index (χ2n) is 5.60. The van der Waals surface area contributed by atoms with Gasteiger partial charge in [-0.05, 0) is 49.4 Å². The highest BCUT2D eigenvalue weighted by molar-refractivity contribution is 9.10. The number of nitrogens with zero attached hydrogens (tertiary/aromatic N) is 1. The van der Waals surface area contributed by atoms with E-state index in [1.165, 1.54) is 14.0 Å². The SMILES string of the molecule is C=CCOc1cc(Br)c(/C=C2/SC(=O)N([C@@H](C)C(=O)OCC)C2=O)cc1OC. The molecule has 2 amide bonds. The van der Waals surface area contributed by atoms with Gasteiger partial charge >= 0.3 is 5.97 Å². The summed E-state index contributed by atoms with van der Waals surface area (Å²) in [6, 6.07) is 2.40. The zero-order chi connectivity index (χ0) is 20.8. The van der Waals surface area contributed by atoms with Crippen molar-refractivity contribution in [2.45, 2.75) is 19.9 Å². The van der Waals surface area contributed by atoms with E-state index in [4.69, 9.17) is 14.2 Å². The lowest BCUT2D eigenvalue weighted by Crippen LogP contribution is -2.42. The van der Waals surface area contributed by atoms with Crippen molar-refractivity contribution in [3.05, 3.63) is 39.7 Å². The monoisotopic (exact) mass is 469 g/mol. The minimum absolute atomic E-state index is 0.169. The lowest BCUT2D eigenvalue weighted by molar-refractivity contribution is -0.150. The van der Waals surface area contributed by atoms with Crippen molar-refractivity contribution >= 4 is 50.9 Å². The third-order valence-electron chi connectivity index (χ3n) is 3.76. The highest BCUT2D eigenvalue weighted by Crippen LogP contribution is 2.38. The Bertz CT molecular complexity index is 838. The molecule has 1 aliphatic heterocycles. The van der Waals surface area contributed by atoms with Crippen molar-refractivity contribution in [1.29, 1.82) is 0 Å². The van der Waals surface area contributed by atoms with Gasteiger partial charge in [0.1, 0.15) is 12.6 Å². The van der Waals surface area contributed by atoms with Crippen LogP contribution >= 0.6 is 27.7 Å². The highest BCUT2D eigenvalue weighted by Gasteiger charge is 2.41. The topological polar surface area (TPSA) is 82.1 Å². The first-order valence-corrected chi connectivity index (χ1v) is 9.99. The Morgan fingerprint density at radius 3 is 2.68 bits per heavy atom. The molecular weight excluding hydrogens is 450 g/mol. The van der Waals surface area contributed by atoms with Gasteiger partial charge in [-0.3, -0.25) is 14.5 Å². The van der Waals surface area contributed by atoms with Gasteiger partial charge in [0, 0.05) is 4.47 Å². The number of thioether (sulfide) groups is 1. The standard InChI is InChI=1S/C19H20BrNO6S/c1-5-7-27-15-10-13(20)12(8-14(15)25-4)9-16-17(22)21(19(24)28-16)11(3)18(23)26-6-2/h5,8-11H,1,6-7H2,2-4H3/b16-9+/t11-/m0/s1. The van der Waals surface area contributed by atoms with Crippen molar-refractivity contribution in [2.24, 2.45) is 0 Å². The first-order valence-electron chi connectivity index (χ1n) is 8.38. The van der Waals surface area contributed by atoms with E-state index in [1.54, 1.807) is 31.2 Å². The van der Waals surface area contributed by atoms with Gasteiger partial charge in [-0.25, -0.2) is 4.79 Å². The number of carbonyl (C=O) groups excluding carboxylic acids is 3. The zero-order valence-corrected chi connectivity index (χ0v) is 18.1. The Kier molecular flexibility index (Phi) is 7.70. The molecule has 0 aromatic heterocycles. The van der Waals surface area contributed by atoms with Crippen LogP contribution in [0.5, 0.6) is 11.5 Å². The van der Waals surface area contributed by atoms with Gasteiger partial charge in [0.05, 0.1) is 18.6 Å². The molecule has 0 aliphatic carbocycles. The number of esters is 1. The van der Waals surface area contributed by atoms with Crippen molar-refractivity contribution < 1.29 is 28.6 Å². The summed E-state index contributed by atoms with van der Waals surface area (Å²) in [4.78, 5) is 37.9. The van der Waals surface area contributed by atoms with Crippen LogP contribution in [-0.4, -0.2) is 48.4 Å². The Balaban J connectivity index is 2.33. The first-order chi connectivity index (χ1) is 13.3. The Labute approximate surface area is 175 Å². The van der Waals surface area contributed by atoms with Crippen LogP contribution in [0.1, 0.15) is 19.4 Å². The fraction of sp³-hybridized carbons (Fsp3) is 0.316. The molecule has 1 aliphatic rings. The third-order valence-corrected chi connectivity index (χ3v) is 5.34. The zero-order valence-electron chi connectivity index (χ0n) is 15.7. The minimum Gasteiger partial charge on any atom is -0.493 e. The molecule has 9 heteroatoms. The molecule has 0 saturated carbocycles. The van der Waals surface area contributed by atoms with Crippen molar-refractivity contribution in [2.75, 3.05) is 20.3 Å². The van der Waals surface area contributed by atoms with E-state index in [0.29, 0.717) is 28.1 Å². The van der Waals surface area contributed by atoms with Crippen LogP contribution in [-0.2, 0) is 14.3 Å². The number of amides is 2. The molecule has 0 N–H and O–H groups in total. The second-order valence-corrected chi connectivity index (χ2v) is 7.45. The van der Waals surface area contributed by atoms with Crippen LogP contribution < -0.4 is 9.47 Å². The van der Waals surface area contributed by atoms with Crippen LogP contribution in [0.25, 0.3) is 6.08 Å². The molecule has 2 rings (SSSR count). The van der Waals surface area contributed by atoms with Crippen LogP contribution in [0.3, 0.4) is 0 Å². The van der Waals surface area contributed by atoms with E-state index in [2.05, 4.69) is 22.5 Å². The van der Waals surface area contributed by atoms with Crippen LogP contribution in [0, 0.1) is 0 Å². The number of methoxy groups -OCH3 is 1.